The van der Waals surface area contributed by atoms with E-state index in [9.17, 15) is 0 Å². The Morgan fingerprint density at radius 3 is 1.57 bits per heavy atom. The first kappa shape index (κ1) is 35.7. The predicted molar refractivity (Wildman–Crippen MR) is 255 cm³/mol. The molecule has 10 aromatic rings. The third-order valence-electron chi connectivity index (χ3n) is 13.7. The third kappa shape index (κ3) is 6.23. The molecule has 0 saturated heterocycles. The van der Waals surface area contributed by atoms with Crippen LogP contribution in [0.2, 0.25) is 0 Å². The second kappa shape index (κ2) is 14.8. The van der Waals surface area contributed by atoms with Gasteiger partial charge in [-0.1, -0.05) is 140 Å². The Labute approximate surface area is 356 Å². The minimum absolute atomic E-state index is 0.527. The second-order valence-electron chi connectivity index (χ2n) is 17.1. The maximum absolute atomic E-state index is 4.56. The molecule has 0 spiro atoms. The van der Waals surface area contributed by atoms with Crippen molar-refractivity contribution in [3.8, 4) is 33.8 Å². The van der Waals surface area contributed by atoms with Gasteiger partial charge in [0.25, 0.3) is 0 Å². The van der Waals surface area contributed by atoms with E-state index in [-0.39, 0.29) is 0 Å². The summed E-state index contributed by atoms with van der Waals surface area (Å²) in [5.74, 6) is 2.37. The first-order valence-electron chi connectivity index (χ1n) is 21.8. The van der Waals surface area contributed by atoms with E-state index in [2.05, 4.69) is 214 Å². The number of fused-ring (bicyclic) bond motifs is 8. The van der Waals surface area contributed by atoms with Gasteiger partial charge in [-0.15, -0.1) is 0 Å². The Morgan fingerprint density at radius 2 is 1.00 bits per heavy atom. The lowest BCUT2D eigenvalue weighted by molar-refractivity contribution is 0.158. The van der Waals surface area contributed by atoms with Crippen LogP contribution >= 0.6 is 0 Å². The number of aromatic nitrogens is 3. The molecule has 4 atom stereocenters. The van der Waals surface area contributed by atoms with Gasteiger partial charge in [-0.25, -0.2) is 0 Å². The zero-order chi connectivity index (χ0) is 40.3. The van der Waals surface area contributed by atoms with Gasteiger partial charge < -0.3 is 9.13 Å². The molecule has 3 unspecified atom stereocenters. The van der Waals surface area contributed by atoms with Crippen molar-refractivity contribution in [2.45, 2.75) is 19.3 Å². The Bertz CT molecular complexity index is 3220. The maximum Gasteiger partial charge on any atom is 0.0701 e. The van der Waals surface area contributed by atoms with Gasteiger partial charge in [0.1, 0.15) is 0 Å². The first-order valence-corrected chi connectivity index (χ1v) is 21.8. The number of benzene rings is 7. The van der Waals surface area contributed by atoms with Gasteiger partial charge in [-0.3, -0.25) is 4.98 Å². The minimum Gasteiger partial charge on any atom is -0.309 e. The first-order chi connectivity index (χ1) is 30.2. The molecule has 292 valence electrons. The highest BCUT2D eigenvalue weighted by atomic mass is 15.0. The van der Waals surface area contributed by atoms with Crippen molar-refractivity contribution in [3.05, 3.63) is 218 Å². The molecule has 1 saturated carbocycles. The van der Waals surface area contributed by atoms with Gasteiger partial charge in [-0.2, -0.15) is 0 Å². The molecule has 0 N–H and O–H groups in total. The summed E-state index contributed by atoms with van der Waals surface area (Å²) in [6.45, 7) is 0. The molecule has 13 rings (SSSR count). The number of pyridine rings is 1. The van der Waals surface area contributed by atoms with Gasteiger partial charge in [0, 0.05) is 44.7 Å². The number of hydrogen-bond acceptors (Lipinski definition) is 1. The van der Waals surface area contributed by atoms with E-state index in [0.717, 1.165) is 12.1 Å². The van der Waals surface area contributed by atoms with Crippen molar-refractivity contribution in [1.82, 2.24) is 14.1 Å². The van der Waals surface area contributed by atoms with Crippen molar-refractivity contribution in [3.63, 3.8) is 0 Å². The van der Waals surface area contributed by atoms with E-state index in [1.54, 1.807) is 0 Å². The van der Waals surface area contributed by atoms with Gasteiger partial charge >= 0.3 is 0 Å². The monoisotopic (exact) mass is 783 g/mol. The van der Waals surface area contributed by atoms with Gasteiger partial charge in [0.05, 0.1) is 27.8 Å². The molecule has 3 aliphatic rings. The molecule has 0 radical (unpaired) electrons. The van der Waals surface area contributed by atoms with Crippen LogP contribution in [0.3, 0.4) is 0 Å². The summed E-state index contributed by atoms with van der Waals surface area (Å²) >= 11 is 0. The molecule has 2 bridgehead atoms. The zero-order valence-electron chi connectivity index (χ0n) is 34.0. The van der Waals surface area contributed by atoms with Gasteiger partial charge in [-0.05, 0) is 132 Å². The fraction of sp³-hybridized carbons (Fsp3) is 0.121. The summed E-state index contributed by atoms with van der Waals surface area (Å²) < 4.78 is 4.80. The number of para-hydroxylation sites is 3. The lowest BCUT2D eigenvalue weighted by Crippen LogP contribution is -2.37. The fourth-order valence-corrected chi connectivity index (χ4v) is 10.7. The standard InChI is InChI=1S/C58H45N3/c1-4-13-55-49(9-1)50-10-2-5-14-56(50)60(55)46-30-26-41(27-31-46)42-28-32-47(33-29-42)61-57-15-6-3-11-51(57)53-38-40(19-35-58(53)61)18-34-48-43-22-24-44(25-23-43)52(48)37-39-16-20-45(21-17-39)54-12-7-8-36-59-54/h1-22,24,26-36,38,43-44,48,52H,23,25,37H2/t43?,44?,48?,52-/m0/s1. The summed E-state index contributed by atoms with van der Waals surface area (Å²) in [5, 5.41) is 5.13. The van der Waals surface area contributed by atoms with Crippen molar-refractivity contribution in [2.24, 2.45) is 23.7 Å². The molecule has 61 heavy (non-hydrogen) atoms. The van der Waals surface area contributed by atoms with Crippen LogP contribution in [0.4, 0.5) is 0 Å². The highest BCUT2D eigenvalue weighted by molar-refractivity contribution is 6.10. The normalized spacial score (nSPS) is 18.6. The number of allylic oxidation sites excluding steroid dienone is 3. The van der Waals surface area contributed by atoms with Crippen LogP contribution in [-0.2, 0) is 6.42 Å². The average molecular weight is 784 g/mol. The number of rotatable bonds is 8. The smallest absolute Gasteiger partial charge is 0.0701 e. The van der Waals surface area contributed by atoms with Crippen LogP contribution in [-0.4, -0.2) is 14.1 Å². The Hall–Kier alpha value is -7.23. The number of hydrogen-bond donors (Lipinski definition) is 0. The summed E-state index contributed by atoms with van der Waals surface area (Å²) in [6, 6.07) is 66.6. The van der Waals surface area contributed by atoms with E-state index in [1.165, 1.54) is 95.6 Å². The number of nitrogens with zero attached hydrogens (tertiary/aromatic N) is 3. The summed E-state index contributed by atoms with van der Waals surface area (Å²) in [6.07, 6.45) is 15.5. The molecule has 7 aromatic carbocycles. The maximum atomic E-state index is 4.56. The van der Waals surface area contributed by atoms with Gasteiger partial charge in [0.2, 0.25) is 0 Å². The van der Waals surface area contributed by atoms with Crippen LogP contribution in [0.25, 0.3) is 83.4 Å². The highest BCUT2D eigenvalue weighted by Gasteiger charge is 2.39. The highest BCUT2D eigenvalue weighted by Crippen LogP contribution is 2.47. The molecule has 3 aromatic heterocycles. The molecule has 3 aliphatic carbocycles. The fourth-order valence-electron chi connectivity index (χ4n) is 10.7. The van der Waals surface area contributed by atoms with Crippen molar-refractivity contribution in [2.75, 3.05) is 0 Å². The SMILES string of the molecule is C(=CC1C2C=CC(CC2)[C@@H]1Cc1ccc(-c2ccccn2)cc1)c1ccc2c(c1)c1ccccc1n2-c1ccc(-c2ccc(-n3c4ccccc4c4ccccc43)cc2)cc1. The Balaban J connectivity index is 0.821. The van der Waals surface area contributed by atoms with E-state index in [0.29, 0.717) is 23.7 Å². The molecule has 3 heterocycles. The molecule has 0 amide bonds. The lowest BCUT2D eigenvalue weighted by atomic mass is 9.60. The van der Waals surface area contributed by atoms with Crippen LogP contribution < -0.4 is 0 Å². The molecule has 0 aliphatic heterocycles. The zero-order valence-corrected chi connectivity index (χ0v) is 34.0. The Morgan fingerprint density at radius 1 is 0.475 bits per heavy atom. The summed E-state index contributed by atoms with van der Waals surface area (Å²) in [4.78, 5) is 4.56. The predicted octanol–water partition coefficient (Wildman–Crippen LogP) is 14.7. The minimum atomic E-state index is 0.527. The molecular formula is C58H45N3. The average Bonchev–Trinajstić information content (AvgIpc) is 3.85. The van der Waals surface area contributed by atoms with Crippen LogP contribution in [0.15, 0.2) is 206 Å². The molecule has 1 fully saturated rings. The van der Waals surface area contributed by atoms with Gasteiger partial charge in [0.15, 0.2) is 0 Å². The Kier molecular flexibility index (Phi) is 8.66. The van der Waals surface area contributed by atoms with E-state index in [4.69, 9.17) is 0 Å². The molecule has 3 heteroatoms. The topological polar surface area (TPSA) is 22.8 Å². The quantitative estimate of drug-likeness (QED) is 0.141. The second-order valence-corrected chi connectivity index (χ2v) is 17.1. The molecule has 3 nitrogen and oxygen atoms in total. The van der Waals surface area contributed by atoms with Crippen molar-refractivity contribution < 1.29 is 0 Å². The van der Waals surface area contributed by atoms with E-state index < -0.39 is 0 Å². The van der Waals surface area contributed by atoms with Crippen LogP contribution in [0.5, 0.6) is 0 Å². The largest absolute Gasteiger partial charge is 0.309 e. The lowest BCUT2D eigenvalue weighted by Gasteiger charge is -2.44. The van der Waals surface area contributed by atoms with E-state index in [1.807, 2.05) is 12.3 Å². The van der Waals surface area contributed by atoms with E-state index >= 15 is 0 Å². The van der Waals surface area contributed by atoms with Crippen molar-refractivity contribution in [1.29, 1.82) is 0 Å². The van der Waals surface area contributed by atoms with Crippen LogP contribution in [0, 0.1) is 23.7 Å². The van der Waals surface area contributed by atoms with Crippen molar-refractivity contribution >= 4 is 49.7 Å². The third-order valence-corrected chi connectivity index (χ3v) is 13.7. The summed E-state index contributed by atoms with van der Waals surface area (Å²) in [7, 11) is 0. The van der Waals surface area contributed by atoms with Crippen LogP contribution in [0.1, 0.15) is 24.0 Å². The summed E-state index contributed by atoms with van der Waals surface area (Å²) in [5.41, 5.74) is 14.6. The molecular weight excluding hydrogens is 739 g/mol.